The number of hydrogen-bond acceptors (Lipinski definition) is 2. The van der Waals surface area contributed by atoms with Gasteiger partial charge in [0.25, 0.3) is 0 Å². The molecule has 0 saturated heterocycles. The Balaban J connectivity index is 2.45. The number of benzene rings is 1. The van der Waals surface area contributed by atoms with Crippen LogP contribution in [0.5, 0.6) is 0 Å². The molecule has 0 saturated carbocycles. The lowest BCUT2D eigenvalue weighted by atomic mass is 10.2. The second-order valence-corrected chi connectivity index (χ2v) is 4.45. The van der Waals surface area contributed by atoms with Gasteiger partial charge >= 0.3 is 12.0 Å². The van der Waals surface area contributed by atoms with Gasteiger partial charge in [0.1, 0.15) is 6.54 Å². The number of carboxylic acids is 1. The Morgan fingerprint density at radius 3 is 2.76 bits per heavy atom. The average Bonchev–Trinajstić information content (AvgIpc) is 2.25. The van der Waals surface area contributed by atoms with E-state index in [1.54, 1.807) is 0 Å². The number of carbonyl (C=O) groups is 2. The predicted molar refractivity (Wildman–Crippen MR) is 66.6 cm³/mol. The zero-order valence-electron chi connectivity index (χ0n) is 9.31. The van der Waals surface area contributed by atoms with Crippen molar-refractivity contribution in [3.8, 4) is 0 Å². The lowest BCUT2D eigenvalue weighted by molar-refractivity contribution is -0.137. The minimum absolute atomic E-state index is 0.315. The molecule has 6 heteroatoms. The van der Waals surface area contributed by atoms with Gasteiger partial charge < -0.3 is 15.3 Å². The maximum Gasteiger partial charge on any atom is 0.323 e. The number of carboxylic acid groups (broad SMARTS) is 1. The van der Waals surface area contributed by atoms with Crippen LogP contribution in [0.15, 0.2) is 28.7 Å². The number of hydrogen-bond donors (Lipinski definition) is 2. The summed E-state index contributed by atoms with van der Waals surface area (Å²) in [6.07, 6.45) is 0. The molecule has 1 aromatic carbocycles. The van der Waals surface area contributed by atoms with E-state index in [4.69, 9.17) is 5.11 Å². The van der Waals surface area contributed by atoms with E-state index in [1.165, 1.54) is 7.05 Å². The van der Waals surface area contributed by atoms with E-state index in [1.807, 2.05) is 24.3 Å². The summed E-state index contributed by atoms with van der Waals surface area (Å²) in [5.74, 6) is -1.04. The molecular formula is C11H13BrN2O3. The summed E-state index contributed by atoms with van der Waals surface area (Å²) in [6, 6.07) is 7.11. The Hall–Kier alpha value is -1.56. The molecule has 0 radical (unpaired) electrons. The molecule has 0 aliphatic heterocycles. The van der Waals surface area contributed by atoms with Crippen LogP contribution in [-0.4, -0.2) is 35.6 Å². The summed E-state index contributed by atoms with van der Waals surface area (Å²) in [5, 5.41) is 11.2. The zero-order chi connectivity index (χ0) is 12.8. The summed E-state index contributed by atoms with van der Waals surface area (Å²) < 4.78 is 0.933. The molecular weight excluding hydrogens is 288 g/mol. The standard InChI is InChI=1S/C11H13BrN2O3/c1-14(7-10(15)16)11(17)13-6-8-3-2-4-9(12)5-8/h2-5H,6-7H2,1H3,(H,13,17)(H,15,16). The van der Waals surface area contributed by atoms with Gasteiger partial charge in [-0.05, 0) is 17.7 Å². The molecule has 1 rings (SSSR count). The fourth-order valence-corrected chi connectivity index (χ4v) is 1.68. The highest BCUT2D eigenvalue weighted by Crippen LogP contribution is 2.11. The molecule has 0 atom stereocenters. The van der Waals surface area contributed by atoms with Crippen molar-refractivity contribution in [1.29, 1.82) is 0 Å². The van der Waals surface area contributed by atoms with E-state index >= 15 is 0 Å². The van der Waals surface area contributed by atoms with Crippen molar-refractivity contribution >= 4 is 27.9 Å². The number of carbonyl (C=O) groups excluding carboxylic acids is 1. The van der Waals surface area contributed by atoms with Crippen LogP contribution in [-0.2, 0) is 11.3 Å². The number of urea groups is 1. The van der Waals surface area contributed by atoms with Crippen molar-refractivity contribution in [2.45, 2.75) is 6.54 Å². The third-order valence-electron chi connectivity index (χ3n) is 2.05. The molecule has 0 unspecified atom stereocenters. The van der Waals surface area contributed by atoms with Crippen molar-refractivity contribution in [2.75, 3.05) is 13.6 Å². The number of halogens is 1. The average molecular weight is 301 g/mol. The molecule has 2 amide bonds. The molecule has 0 aromatic heterocycles. The Labute approximate surface area is 108 Å². The van der Waals surface area contributed by atoms with E-state index in [0.717, 1.165) is 14.9 Å². The van der Waals surface area contributed by atoms with Crippen molar-refractivity contribution in [1.82, 2.24) is 10.2 Å². The Morgan fingerprint density at radius 1 is 1.47 bits per heavy atom. The fraction of sp³-hybridized carbons (Fsp3) is 0.273. The number of amides is 2. The molecule has 0 aliphatic rings. The molecule has 5 nitrogen and oxygen atoms in total. The number of rotatable bonds is 4. The first-order valence-corrected chi connectivity index (χ1v) is 5.73. The summed E-state index contributed by atoms with van der Waals surface area (Å²) in [5.41, 5.74) is 0.941. The van der Waals surface area contributed by atoms with E-state index in [0.29, 0.717) is 6.54 Å². The minimum atomic E-state index is -1.04. The van der Waals surface area contributed by atoms with Gasteiger partial charge in [-0.3, -0.25) is 4.79 Å². The van der Waals surface area contributed by atoms with Gasteiger partial charge in [-0.15, -0.1) is 0 Å². The number of aliphatic carboxylic acids is 1. The molecule has 92 valence electrons. The van der Waals surface area contributed by atoms with Gasteiger partial charge in [-0.1, -0.05) is 28.1 Å². The number of nitrogens with one attached hydrogen (secondary N) is 1. The van der Waals surface area contributed by atoms with Crippen LogP contribution in [0.25, 0.3) is 0 Å². The highest BCUT2D eigenvalue weighted by Gasteiger charge is 2.10. The Morgan fingerprint density at radius 2 is 2.18 bits per heavy atom. The second kappa shape index (κ2) is 6.24. The van der Waals surface area contributed by atoms with Crippen LogP contribution < -0.4 is 5.32 Å². The van der Waals surface area contributed by atoms with E-state index < -0.39 is 12.0 Å². The van der Waals surface area contributed by atoms with Crippen LogP contribution in [0.2, 0.25) is 0 Å². The van der Waals surface area contributed by atoms with Crippen molar-refractivity contribution in [3.05, 3.63) is 34.3 Å². The molecule has 0 aliphatic carbocycles. The SMILES string of the molecule is CN(CC(=O)O)C(=O)NCc1cccc(Br)c1. The monoisotopic (exact) mass is 300 g/mol. The van der Waals surface area contributed by atoms with Gasteiger partial charge in [-0.2, -0.15) is 0 Å². The first-order chi connectivity index (χ1) is 7.99. The predicted octanol–water partition coefficient (Wildman–Crippen LogP) is 1.68. The van der Waals surface area contributed by atoms with E-state index in [2.05, 4.69) is 21.2 Å². The van der Waals surface area contributed by atoms with E-state index in [9.17, 15) is 9.59 Å². The maximum absolute atomic E-state index is 11.5. The normalized spacial score (nSPS) is 9.76. The van der Waals surface area contributed by atoms with Crippen molar-refractivity contribution in [3.63, 3.8) is 0 Å². The van der Waals surface area contributed by atoms with Crippen LogP contribution in [0.3, 0.4) is 0 Å². The molecule has 1 aromatic rings. The van der Waals surface area contributed by atoms with Crippen molar-refractivity contribution in [2.24, 2.45) is 0 Å². The molecule has 17 heavy (non-hydrogen) atoms. The second-order valence-electron chi connectivity index (χ2n) is 3.54. The lowest BCUT2D eigenvalue weighted by Gasteiger charge is -2.15. The molecule has 0 bridgehead atoms. The number of nitrogens with zero attached hydrogens (tertiary/aromatic N) is 1. The van der Waals surface area contributed by atoms with Gasteiger partial charge in [0, 0.05) is 18.1 Å². The van der Waals surface area contributed by atoms with Gasteiger partial charge in [0.15, 0.2) is 0 Å². The summed E-state index contributed by atoms with van der Waals surface area (Å²) in [7, 11) is 1.43. The Kier molecular flexibility index (Phi) is 4.96. The van der Waals surface area contributed by atoms with Crippen LogP contribution in [0, 0.1) is 0 Å². The van der Waals surface area contributed by atoms with Gasteiger partial charge in [0.2, 0.25) is 0 Å². The summed E-state index contributed by atoms with van der Waals surface area (Å²) in [6.45, 7) is 0.0482. The number of likely N-dealkylation sites (N-methyl/N-ethyl adjacent to an activating group) is 1. The minimum Gasteiger partial charge on any atom is -0.480 e. The first kappa shape index (κ1) is 13.5. The Bertz CT molecular complexity index is 423. The summed E-state index contributed by atoms with van der Waals surface area (Å²) in [4.78, 5) is 23.0. The highest BCUT2D eigenvalue weighted by molar-refractivity contribution is 9.10. The smallest absolute Gasteiger partial charge is 0.323 e. The van der Waals surface area contributed by atoms with Crippen molar-refractivity contribution < 1.29 is 14.7 Å². The van der Waals surface area contributed by atoms with Crippen LogP contribution in [0.4, 0.5) is 4.79 Å². The highest BCUT2D eigenvalue weighted by atomic mass is 79.9. The fourth-order valence-electron chi connectivity index (χ4n) is 1.23. The first-order valence-electron chi connectivity index (χ1n) is 4.94. The third kappa shape index (κ3) is 4.86. The van der Waals surface area contributed by atoms with Gasteiger partial charge in [-0.25, -0.2) is 4.79 Å². The quantitative estimate of drug-likeness (QED) is 0.889. The van der Waals surface area contributed by atoms with E-state index in [-0.39, 0.29) is 6.54 Å². The topological polar surface area (TPSA) is 69.6 Å². The molecule has 0 spiro atoms. The maximum atomic E-state index is 11.5. The third-order valence-corrected chi connectivity index (χ3v) is 2.55. The van der Waals surface area contributed by atoms with Gasteiger partial charge in [0.05, 0.1) is 0 Å². The molecule has 0 heterocycles. The lowest BCUT2D eigenvalue weighted by Crippen LogP contribution is -2.39. The van der Waals surface area contributed by atoms with Crippen LogP contribution >= 0.6 is 15.9 Å². The summed E-state index contributed by atoms with van der Waals surface area (Å²) >= 11 is 3.33. The largest absolute Gasteiger partial charge is 0.480 e. The zero-order valence-corrected chi connectivity index (χ0v) is 10.9. The molecule has 2 N–H and O–H groups in total. The van der Waals surface area contributed by atoms with Crippen LogP contribution in [0.1, 0.15) is 5.56 Å². The molecule has 0 fully saturated rings.